The second-order valence-electron chi connectivity index (χ2n) is 2.09. The molecular weight excluding hydrogens is 110 g/mol. The van der Waals surface area contributed by atoms with Crippen molar-refractivity contribution in [2.24, 2.45) is 11.7 Å². The van der Waals surface area contributed by atoms with Gasteiger partial charge < -0.3 is 5.73 Å². The number of alkyl halides is 1. The first-order valence-electron chi connectivity index (χ1n) is 2.68. The summed E-state index contributed by atoms with van der Waals surface area (Å²) in [5.41, 5.74) is 5.28. The minimum Gasteiger partial charge on any atom is -0.329 e. The van der Waals surface area contributed by atoms with Gasteiger partial charge in [-0.15, -0.1) is 11.6 Å². The Labute approximate surface area is 48.8 Å². The first-order valence-corrected chi connectivity index (χ1v) is 3.12. The van der Waals surface area contributed by atoms with Gasteiger partial charge in [-0.2, -0.15) is 0 Å². The van der Waals surface area contributed by atoms with Crippen molar-refractivity contribution in [2.45, 2.75) is 18.2 Å². The van der Waals surface area contributed by atoms with Crippen LogP contribution in [0.3, 0.4) is 0 Å². The summed E-state index contributed by atoms with van der Waals surface area (Å²) in [6.45, 7) is 0.645. The van der Waals surface area contributed by atoms with Gasteiger partial charge in [-0.1, -0.05) is 0 Å². The molecule has 0 spiro atoms. The standard InChI is InChI=1S/C5H10ClN/c6-5(3-7)4-1-2-4/h4-5H,1-3,7H2. The van der Waals surface area contributed by atoms with Crippen LogP contribution in [0.1, 0.15) is 12.8 Å². The summed E-state index contributed by atoms with van der Waals surface area (Å²) in [4.78, 5) is 0. The normalized spacial score (nSPS) is 24.9. The van der Waals surface area contributed by atoms with Gasteiger partial charge in [-0.25, -0.2) is 0 Å². The molecule has 2 heteroatoms. The summed E-state index contributed by atoms with van der Waals surface area (Å²) in [5.74, 6) is 0.756. The lowest BCUT2D eigenvalue weighted by Crippen LogP contribution is -2.15. The highest BCUT2D eigenvalue weighted by Gasteiger charge is 2.28. The molecule has 0 aromatic heterocycles. The highest BCUT2D eigenvalue weighted by Crippen LogP contribution is 2.34. The minimum atomic E-state index is 0.264. The molecule has 1 aliphatic rings. The maximum absolute atomic E-state index is 5.74. The highest BCUT2D eigenvalue weighted by molar-refractivity contribution is 6.21. The molecule has 1 atom stereocenters. The molecule has 0 saturated heterocycles. The van der Waals surface area contributed by atoms with Crippen molar-refractivity contribution in [3.8, 4) is 0 Å². The van der Waals surface area contributed by atoms with E-state index in [1.54, 1.807) is 0 Å². The van der Waals surface area contributed by atoms with Crippen molar-refractivity contribution >= 4 is 11.6 Å². The lowest BCUT2D eigenvalue weighted by Gasteiger charge is -1.99. The van der Waals surface area contributed by atoms with Crippen molar-refractivity contribution < 1.29 is 0 Å². The molecule has 0 aromatic rings. The van der Waals surface area contributed by atoms with Crippen LogP contribution in [0, 0.1) is 5.92 Å². The fourth-order valence-corrected chi connectivity index (χ4v) is 0.902. The van der Waals surface area contributed by atoms with Gasteiger partial charge in [0.25, 0.3) is 0 Å². The zero-order valence-electron chi connectivity index (χ0n) is 4.23. The minimum absolute atomic E-state index is 0.264. The van der Waals surface area contributed by atoms with E-state index in [2.05, 4.69) is 0 Å². The van der Waals surface area contributed by atoms with E-state index in [-0.39, 0.29) is 5.38 Å². The average molecular weight is 120 g/mol. The van der Waals surface area contributed by atoms with Crippen LogP contribution in [0.15, 0.2) is 0 Å². The molecule has 1 rings (SSSR count). The summed E-state index contributed by atoms with van der Waals surface area (Å²) in [6, 6.07) is 0. The summed E-state index contributed by atoms with van der Waals surface area (Å²) in [5, 5.41) is 0.264. The van der Waals surface area contributed by atoms with E-state index in [1.807, 2.05) is 0 Å². The number of rotatable bonds is 2. The topological polar surface area (TPSA) is 26.0 Å². The predicted molar refractivity (Wildman–Crippen MR) is 31.4 cm³/mol. The van der Waals surface area contributed by atoms with E-state index in [9.17, 15) is 0 Å². The number of halogens is 1. The van der Waals surface area contributed by atoms with E-state index in [0.29, 0.717) is 6.54 Å². The average Bonchev–Trinajstić information content (AvgIpc) is 2.44. The van der Waals surface area contributed by atoms with Crippen molar-refractivity contribution in [1.82, 2.24) is 0 Å². The van der Waals surface area contributed by atoms with Gasteiger partial charge >= 0.3 is 0 Å². The van der Waals surface area contributed by atoms with Crippen molar-refractivity contribution in [2.75, 3.05) is 6.54 Å². The van der Waals surface area contributed by atoms with E-state index in [1.165, 1.54) is 12.8 Å². The van der Waals surface area contributed by atoms with Crippen molar-refractivity contribution in [1.29, 1.82) is 0 Å². The molecule has 0 bridgehead atoms. The number of nitrogens with two attached hydrogens (primary N) is 1. The second kappa shape index (κ2) is 2.01. The molecule has 1 fully saturated rings. The molecule has 1 unspecified atom stereocenters. The maximum atomic E-state index is 5.74. The fourth-order valence-electron chi connectivity index (χ4n) is 0.650. The Kier molecular flexibility index (Phi) is 1.55. The molecule has 1 nitrogen and oxygen atoms in total. The molecule has 0 amide bonds. The number of hydrogen-bond donors (Lipinski definition) is 1. The van der Waals surface area contributed by atoms with Crippen LogP contribution in [0.25, 0.3) is 0 Å². The first kappa shape index (κ1) is 5.39. The number of hydrogen-bond acceptors (Lipinski definition) is 1. The zero-order chi connectivity index (χ0) is 5.28. The van der Waals surface area contributed by atoms with Crippen LogP contribution >= 0.6 is 11.6 Å². The summed E-state index contributed by atoms with van der Waals surface area (Å²) in [6.07, 6.45) is 2.59. The van der Waals surface area contributed by atoms with Gasteiger partial charge in [0.1, 0.15) is 0 Å². The molecule has 2 N–H and O–H groups in total. The van der Waals surface area contributed by atoms with Crippen LogP contribution in [0.4, 0.5) is 0 Å². The predicted octanol–water partition coefficient (Wildman–Crippen LogP) is 0.963. The van der Waals surface area contributed by atoms with Crippen LogP contribution in [-0.4, -0.2) is 11.9 Å². The third kappa shape index (κ3) is 1.32. The maximum Gasteiger partial charge on any atom is 0.0486 e. The van der Waals surface area contributed by atoms with Crippen LogP contribution in [0.5, 0.6) is 0 Å². The van der Waals surface area contributed by atoms with Gasteiger partial charge in [0.05, 0.1) is 0 Å². The van der Waals surface area contributed by atoms with E-state index >= 15 is 0 Å². The van der Waals surface area contributed by atoms with Crippen molar-refractivity contribution in [3.05, 3.63) is 0 Å². The monoisotopic (exact) mass is 119 g/mol. The summed E-state index contributed by atoms with van der Waals surface area (Å²) in [7, 11) is 0. The molecule has 0 heterocycles. The Morgan fingerprint density at radius 1 is 1.71 bits per heavy atom. The third-order valence-corrected chi connectivity index (χ3v) is 1.89. The Morgan fingerprint density at radius 2 is 2.29 bits per heavy atom. The SMILES string of the molecule is NCC(Cl)C1CC1. The van der Waals surface area contributed by atoms with Crippen molar-refractivity contribution in [3.63, 3.8) is 0 Å². The quantitative estimate of drug-likeness (QED) is 0.539. The van der Waals surface area contributed by atoms with Gasteiger partial charge in [0.15, 0.2) is 0 Å². The van der Waals surface area contributed by atoms with Gasteiger partial charge in [0, 0.05) is 11.9 Å². The molecule has 0 aliphatic heterocycles. The zero-order valence-corrected chi connectivity index (χ0v) is 4.99. The second-order valence-corrected chi connectivity index (χ2v) is 2.65. The van der Waals surface area contributed by atoms with Crippen LogP contribution in [0.2, 0.25) is 0 Å². The molecule has 1 aliphatic carbocycles. The Hall–Kier alpha value is 0.250. The highest BCUT2D eigenvalue weighted by atomic mass is 35.5. The van der Waals surface area contributed by atoms with Crippen LogP contribution in [-0.2, 0) is 0 Å². The Morgan fingerprint density at radius 3 is 2.43 bits per heavy atom. The largest absolute Gasteiger partial charge is 0.329 e. The smallest absolute Gasteiger partial charge is 0.0486 e. The summed E-state index contributed by atoms with van der Waals surface area (Å²) < 4.78 is 0. The lowest BCUT2D eigenvalue weighted by atomic mass is 10.3. The molecule has 1 saturated carbocycles. The van der Waals surface area contributed by atoms with E-state index < -0.39 is 0 Å². The van der Waals surface area contributed by atoms with Gasteiger partial charge in [0.2, 0.25) is 0 Å². The van der Waals surface area contributed by atoms with Gasteiger partial charge in [-0.05, 0) is 18.8 Å². The molecule has 42 valence electrons. The molecule has 0 aromatic carbocycles. The Bertz CT molecular complexity index is 61.1. The first-order chi connectivity index (χ1) is 3.34. The van der Waals surface area contributed by atoms with E-state index in [4.69, 9.17) is 17.3 Å². The molecule has 0 radical (unpaired) electrons. The fraction of sp³-hybridized carbons (Fsp3) is 1.00. The third-order valence-electron chi connectivity index (χ3n) is 1.36. The summed E-state index contributed by atoms with van der Waals surface area (Å²) >= 11 is 5.74. The van der Waals surface area contributed by atoms with Gasteiger partial charge in [-0.3, -0.25) is 0 Å². The lowest BCUT2D eigenvalue weighted by molar-refractivity contribution is 0.749. The van der Waals surface area contributed by atoms with E-state index in [0.717, 1.165) is 5.92 Å². The molecular formula is C5H10ClN. The Balaban J connectivity index is 2.10. The molecule has 7 heavy (non-hydrogen) atoms. The van der Waals surface area contributed by atoms with Crippen LogP contribution < -0.4 is 5.73 Å².